The molecule has 0 saturated carbocycles. The fourth-order valence-electron chi connectivity index (χ4n) is 4.52. The van der Waals surface area contributed by atoms with Crippen LogP contribution in [0.5, 0.6) is 28.7 Å². The highest BCUT2D eigenvalue weighted by Crippen LogP contribution is 2.47. The maximum absolute atomic E-state index is 14.0. The van der Waals surface area contributed by atoms with Crippen molar-refractivity contribution in [2.75, 3.05) is 47.9 Å². The Hall–Kier alpha value is -3.92. The van der Waals surface area contributed by atoms with Crippen LogP contribution in [0.1, 0.15) is 32.8 Å². The van der Waals surface area contributed by atoms with E-state index in [0.717, 1.165) is 4.88 Å². The van der Waals surface area contributed by atoms with Crippen molar-refractivity contribution >= 4 is 28.8 Å². The van der Waals surface area contributed by atoms with Crippen LogP contribution in [-0.2, 0) is 4.79 Å². The molecule has 0 spiro atoms. The molecular formula is C26H28N2O7S. The molecular weight excluding hydrogens is 484 g/mol. The number of benzene rings is 2. The van der Waals surface area contributed by atoms with Gasteiger partial charge in [-0.05, 0) is 29.1 Å². The summed E-state index contributed by atoms with van der Waals surface area (Å²) in [5.41, 5.74) is 1.40. The summed E-state index contributed by atoms with van der Waals surface area (Å²) in [5, 5.41) is 4.91. The van der Waals surface area contributed by atoms with Gasteiger partial charge in [0.1, 0.15) is 0 Å². The van der Waals surface area contributed by atoms with Crippen LogP contribution in [0.3, 0.4) is 0 Å². The van der Waals surface area contributed by atoms with Crippen molar-refractivity contribution in [2.24, 2.45) is 0 Å². The van der Waals surface area contributed by atoms with Crippen molar-refractivity contribution in [2.45, 2.75) is 12.0 Å². The van der Waals surface area contributed by atoms with Gasteiger partial charge in [-0.15, -0.1) is 11.3 Å². The van der Waals surface area contributed by atoms with Gasteiger partial charge >= 0.3 is 0 Å². The average molecular weight is 513 g/mol. The molecule has 1 aliphatic heterocycles. The van der Waals surface area contributed by atoms with Gasteiger partial charge in [0.25, 0.3) is 5.91 Å². The number of ether oxygens (including phenoxy) is 5. The van der Waals surface area contributed by atoms with Crippen LogP contribution < -0.4 is 29.0 Å². The second-order valence-corrected chi connectivity index (χ2v) is 9.03. The molecule has 190 valence electrons. The molecule has 3 aromatic rings. The Balaban J connectivity index is 1.84. The first-order valence-corrected chi connectivity index (χ1v) is 11.9. The van der Waals surface area contributed by atoms with Crippen LogP contribution in [0, 0.1) is 0 Å². The molecule has 2 aromatic carbocycles. The largest absolute Gasteiger partial charge is 0.493 e. The van der Waals surface area contributed by atoms with Gasteiger partial charge in [-0.25, -0.2) is 0 Å². The molecule has 9 nitrogen and oxygen atoms in total. The summed E-state index contributed by atoms with van der Waals surface area (Å²) in [5.74, 6) is 0.825. The van der Waals surface area contributed by atoms with Gasteiger partial charge in [-0.3, -0.25) is 9.59 Å². The number of rotatable bonds is 8. The summed E-state index contributed by atoms with van der Waals surface area (Å²) >= 11 is 1.49. The zero-order chi connectivity index (χ0) is 26.0. The van der Waals surface area contributed by atoms with E-state index < -0.39 is 12.0 Å². The quantitative estimate of drug-likeness (QED) is 0.480. The number of methoxy groups -OCH3 is 5. The standard InChI is InChI=1S/C26H28N2O7S/c1-28-23(21-8-7-9-36-21)22(15-12-17(31-2)18(32-3)13-16(15)26(28)30)25(29)27-14-10-19(33-4)24(35-6)20(11-14)34-5/h7-13,22-23H,1-6H3,(H,27,29)/t22-,23-/m1/s1. The molecule has 2 amide bonds. The number of thiophene rings is 1. The van der Waals surface area contributed by atoms with Gasteiger partial charge < -0.3 is 33.9 Å². The highest BCUT2D eigenvalue weighted by atomic mass is 32.1. The maximum Gasteiger partial charge on any atom is 0.254 e. The molecule has 0 unspecified atom stereocenters. The van der Waals surface area contributed by atoms with E-state index in [1.807, 2.05) is 17.5 Å². The Morgan fingerprint density at radius 1 is 0.889 bits per heavy atom. The van der Waals surface area contributed by atoms with Crippen molar-refractivity contribution in [1.29, 1.82) is 0 Å². The number of hydrogen-bond acceptors (Lipinski definition) is 8. The minimum Gasteiger partial charge on any atom is -0.493 e. The van der Waals surface area contributed by atoms with Gasteiger partial charge in [0.2, 0.25) is 11.7 Å². The van der Waals surface area contributed by atoms with Crippen LogP contribution in [0.4, 0.5) is 5.69 Å². The molecule has 36 heavy (non-hydrogen) atoms. The number of likely N-dealkylation sites (N-methyl/N-ethyl adjacent to an activating group) is 1. The summed E-state index contributed by atoms with van der Waals surface area (Å²) in [6.45, 7) is 0. The van der Waals surface area contributed by atoms with Gasteiger partial charge in [0, 0.05) is 35.3 Å². The molecule has 1 aliphatic rings. The molecule has 10 heteroatoms. The molecule has 0 bridgehead atoms. The van der Waals surface area contributed by atoms with Crippen LogP contribution in [-0.4, -0.2) is 59.3 Å². The van der Waals surface area contributed by atoms with E-state index >= 15 is 0 Å². The molecule has 0 fully saturated rings. The zero-order valence-corrected chi connectivity index (χ0v) is 21.7. The predicted molar refractivity (Wildman–Crippen MR) is 136 cm³/mol. The van der Waals surface area contributed by atoms with Crippen LogP contribution in [0.15, 0.2) is 41.8 Å². The molecule has 1 aromatic heterocycles. The lowest BCUT2D eigenvalue weighted by Gasteiger charge is -2.39. The molecule has 0 aliphatic carbocycles. The van der Waals surface area contributed by atoms with Crippen molar-refractivity contribution in [1.82, 2.24) is 4.90 Å². The van der Waals surface area contributed by atoms with Crippen molar-refractivity contribution in [3.8, 4) is 28.7 Å². The Kier molecular flexibility index (Phi) is 7.25. The number of nitrogens with zero attached hydrogens (tertiary/aromatic N) is 1. The third-order valence-electron chi connectivity index (χ3n) is 6.22. The van der Waals surface area contributed by atoms with Crippen LogP contribution >= 0.6 is 11.3 Å². The van der Waals surface area contributed by atoms with Crippen molar-refractivity contribution < 1.29 is 33.3 Å². The van der Waals surface area contributed by atoms with Crippen molar-refractivity contribution in [3.05, 3.63) is 57.8 Å². The fourth-order valence-corrected chi connectivity index (χ4v) is 5.42. The minimum atomic E-state index is -0.736. The Bertz CT molecular complexity index is 1250. The van der Waals surface area contributed by atoms with E-state index in [9.17, 15) is 9.59 Å². The number of carbonyl (C=O) groups is 2. The number of nitrogens with one attached hydrogen (secondary N) is 1. The van der Waals surface area contributed by atoms with E-state index in [1.165, 1.54) is 46.9 Å². The lowest BCUT2D eigenvalue weighted by atomic mass is 9.81. The second-order valence-electron chi connectivity index (χ2n) is 8.05. The monoisotopic (exact) mass is 512 g/mol. The number of fused-ring (bicyclic) bond motifs is 1. The lowest BCUT2D eigenvalue weighted by molar-refractivity contribution is -0.119. The Labute approximate surface area is 213 Å². The van der Waals surface area contributed by atoms with Gasteiger partial charge in [-0.2, -0.15) is 0 Å². The summed E-state index contributed by atoms with van der Waals surface area (Å²) in [6.07, 6.45) is 0. The lowest BCUT2D eigenvalue weighted by Crippen LogP contribution is -2.43. The normalized spacial score (nSPS) is 16.7. The average Bonchev–Trinajstić information content (AvgIpc) is 3.43. The number of anilines is 1. The molecule has 1 N–H and O–H groups in total. The summed E-state index contributed by atoms with van der Waals surface area (Å²) < 4.78 is 27.2. The zero-order valence-electron chi connectivity index (χ0n) is 20.9. The molecule has 2 atom stereocenters. The van der Waals surface area contributed by atoms with Crippen LogP contribution in [0.25, 0.3) is 0 Å². The third-order valence-corrected chi connectivity index (χ3v) is 7.17. The number of amides is 2. The van der Waals surface area contributed by atoms with Crippen molar-refractivity contribution in [3.63, 3.8) is 0 Å². The van der Waals surface area contributed by atoms with Gasteiger partial charge in [0.05, 0.1) is 47.5 Å². The Morgan fingerprint density at radius 2 is 1.50 bits per heavy atom. The van der Waals surface area contributed by atoms with E-state index in [2.05, 4.69) is 5.32 Å². The van der Waals surface area contributed by atoms with E-state index in [-0.39, 0.29) is 11.8 Å². The first kappa shape index (κ1) is 25.2. The van der Waals surface area contributed by atoms with E-state index in [1.54, 1.807) is 36.2 Å². The fraction of sp³-hybridized carbons (Fsp3) is 0.308. The van der Waals surface area contributed by atoms with E-state index in [0.29, 0.717) is 45.6 Å². The highest BCUT2D eigenvalue weighted by molar-refractivity contribution is 7.10. The van der Waals surface area contributed by atoms with Gasteiger partial charge in [0.15, 0.2) is 23.0 Å². The number of hydrogen-bond donors (Lipinski definition) is 1. The minimum absolute atomic E-state index is 0.207. The molecule has 0 radical (unpaired) electrons. The smallest absolute Gasteiger partial charge is 0.254 e. The summed E-state index contributed by atoms with van der Waals surface area (Å²) in [6, 6.07) is 9.95. The molecule has 0 saturated heterocycles. The molecule has 2 heterocycles. The van der Waals surface area contributed by atoms with Gasteiger partial charge in [-0.1, -0.05) is 6.07 Å². The summed E-state index contributed by atoms with van der Waals surface area (Å²) in [7, 11) is 9.25. The van der Waals surface area contributed by atoms with E-state index in [4.69, 9.17) is 23.7 Å². The Morgan fingerprint density at radius 3 is 2.03 bits per heavy atom. The predicted octanol–water partition coefficient (Wildman–Crippen LogP) is 4.34. The SMILES string of the molecule is COc1cc2c(cc1OC)[C@@H](C(=O)Nc1cc(OC)c(OC)c(OC)c1)[C@@H](c1cccs1)N(C)C2=O. The third kappa shape index (κ3) is 4.28. The topological polar surface area (TPSA) is 95.6 Å². The number of carbonyl (C=O) groups excluding carboxylic acids is 2. The van der Waals surface area contributed by atoms with Crippen LogP contribution in [0.2, 0.25) is 0 Å². The first-order valence-electron chi connectivity index (χ1n) is 11.1. The molecule has 4 rings (SSSR count). The first-order chi connectivity index (χ1) is 17.4. The highest BCUT2D eigenvalue weighted by Gasteiger charge is 2.44. The maximum atomic E-state index is 14.0. The second kappa shape index (κ2) is 10.4. The summed E-state index contributed by atoms with van der Waals surface area (Å²) in [4.78, 5) is 29.9.